The third-order valence-electron chi connectivity index (χ3n) is 2.27. The second-order valence-electron chi connectivity index (χ2n) is 3.56. The van der Waals surface area contributed by atoms with Crippen LogP contribution >= 0.6 is 35.6 Å². The van der Waals surface area contributed by atoms with Gasteiger partial charge in [0.1, 0.15) is 10.7 Å². The minimum absolute atomic E-state index is 0. The van der Waals surface area contributed by atoms with Gasteiger partial charge in [0.2, 0.25) is 0 Å². The van der Waals surface area contributed by atoms with E-state index >= 15 is 0 Å². The van der Waals surface area contributed by atoms with Gasteiger partial charge in [-0.3, -0.25) is 5.32 Å². The summed E-state index contributed by atoms with van der Waals surface area (Å²) in [5.74, 6) is -0.412. The van der Waals surface area contributed by atoms with Crippen molar-refractivity contribution in [3.63, 3.8) is 0 Å². The Balaban J connectivity index is 0. The molecule has 5 nitrogen and oxygen atoms in total. The smallest absolute Gasteiger partial charge is 0.167 e. The highest BCUT2D eigenvalue weighted by Gasteiger charge is 2.27. The molecule has 0 aliphatic rings. The lowest BCUT2D eigenvalue weighted by Crippen LogP contribution is -2.45. The van der Waals surface area contributed by atoms with Crippen molar-refractivity contribution in [2.75, 3.05) is 23.3 Å². The zero-order valence-electron chi connectivity index (χ0n) is 10.1. The Hall–Kier alpha value is 0.730. The van der Waals surface area contributed by atoms with Crippen LogP contribution in [0.3, 0.4) is 0 Å². The second kappa shape index (κ2) is 8.81. The molecule has 0 aliphatic carbocycles. The Labute approximate surface area is 125 Å². The van der Waals surface area contributed by atoms with Crippen molar-refractivity contribution in [1.29, 1.82) is 0 Å². The molecule has 0 radical (unpaired) electrons. The third kappa shape index (κ3) is 6.77. The van der Waals surface area contributed by atoms with Crippen LogP contribution in [0.5, 0.6) is 0 Å². The van der Waals surface area contributed by atoms with E-state index in [9.17, 15) is 16.8 Å². The highest BCUT2D eigenvalue weighted by atomic mass is 35.5. The van der Waals surface area contributed by atoms with Gasteiger partial charge in [0.25, 0.3) is 0 Å². The molecule has 10 heteroatoms. The number of sulfone groups is 2. The first kappa shape index (κ1) is 21.0. The maximum atomic E-state index is 11.6. The summed E-state index contributed by atoms with van der Waals surface area (Å²) in [5, 5.41) is 0.623. The van der Waals surface area contributed by atoms with E-state index in [1.807, 2.05) is 0 Å². The summed E-state index contributed by atoms with van der Waals surface area (Å²) in [7, 11) is -6.84. The van der Waals surface area contributed by atoms with Crippen molar-refractivity contribution < 1.29 is 16.8 Å². The lowest BCUT2D eigenvalue weighted by molar-refractivity contribution is 0.536. The van der Waals surface area contributed by atoms with Crippen LogP contribution < -0.4 is 5.32 Å². The van der Waals surface area contributed by atoms with E-state index in [0.717, 1.165) is 0 Å². The number of halogens is 3. The van der Waals surface area contributed by atoms with E-state index in [1.54, 1.807) is 0 Å². The van der Waals surface area contributed by atoms with Gasteiger partial charge >= 0.3 is 0 Å². The van der Waals surface area contributed by atoms with Crippen LogP contribution in [0, 0.1) is 0 Å². The maximum Gasteiger partial charge on any atom is 0.167 e. The van der Waals surface area contributed by atoms with Gasteiger partial charge in [-0.15, -0.1) is 35.6 Å². The first-order valence-corrected chi connectivity index (χ1v) is 9.48. The predicted octanol–water partition coefficient (Wildman–Crippen LogP) is 0.997. The van der Waals surface area contributed by atoms with Crippen LogP contribution in [0.4, 0.5) is 0 Å². The molecule has 0 amide bonds. The molecule has 112 valence electrons. The van der Waals surface area contributed by atoms with Crippen molar-refractivity contribution in [2.24, 2.45) is 0 Å². The van der Waals surface area contributed by atoms with E-state index in [4.69, 9.17) is 23.2 Å². The summed E-state index contributed by atoms with van der Waals surface area (Å²) in [6.07, 6.45) is 0. The van der Waals surface area contributed by atoms with Crippen molar-refractivity contribution in [1.82, 2.24) is 5.32 Å². The Kier molecular flexibility index (Phi) is 10.3. The molecular weight excluding hydrogens is 345 g/mol. The lowest BCUT2D eigenvalue weighted by Gasteiger charge is -2.19. The van der Waals surface area contributed by atoms with Gasteiger partial charge in [0.05, 0.1) is 11.5 Å². The highest BCUT2D eigenvalue weighted by Crippen LogP contribution is 2.06. The SMILES string of the molecule is CC(NC(C)S(=O)(=O)CCCl)S(=O)(=O)CCCl.Cl. The van der Waals surface area contributed by atoms with Crippen LogP contribution in [0.25, 0.3) is 0 Å². The van der Waals surface area contributed by atoms with Crippen LogP contribution in [0.15, 0.2) is 0 Å². The van der Waals surface area contributed by atoms with Crippen molar-refractivity contribution >= 4 is 55.3 Å². The zero-order chi connectivity index (χ0) is 13.7. The fraction of sp³-hybridized carbons (Fsp3) is 1.00. The first-order chi connectivity index (χ1) is 7.67. The Bertz CT molecular complexity index is 384. The molecule has 0 fully saturated rings. The molecule has 2 atom stereocenters. The third-order valence-corrected chi connectivity index (χ3v) is 7.07. The molecule has 0 bridgehead atoms. The molecule has 0 rings (SSSR count). The summed E-state index contributed by atoms with van der Waals surface area (Å²) in [5.41, 5.74) is 0. The van der Waals surface area contributed by atoms with E-state index in [2.05, 4.69) is 5.32 Å². The van der Waals surface area contributed by atoms with Gasteiger partial charge in [-0.05, 0) is 13.8 Å². The second-order valence-corrected chi connectivity index (χ2v) is 9.20. The van der Waals surface area contributed by atoms with Crippen LogP contribution in [0.1, 0.15) is 13.8 Å². The maximum absolute atomic E-state index is 11.6. The molecule has 0 saturated carbocycles. The predicted molar refractivity (Wildman–Crippen MR) is 78.3 cm³/mol. The van der Waals surface area contributed by atoms with Gasteiger partial charge in [0.15, 0.2) is 19.7 Å². The first-order valence-electron chi connectivity index (χ1n) is 4.98. The number of hydrogen-bond acceptors (Lipinski definition) is 5. The van der Waals surface area contributed by atoms with E-state index in [0.29, 0.717) is 0 Å². The Morgan fingerprint density at radius 2 is 1.17 bits per heavy atom. The van der Waals surface area contributed by atoms with E-state index < -0.39 is 30.4 Å². The molecule has 0 aromatic heterocycles. The average Bonchev–Trinajstić information content (AvgIpc) is 2.17. The zero-order valence-corrected chi connectivity index (χ0v) is 14.1. The van der Waals surface area contributed by atoms with Gasteiger partial charge in [-0.2, -0.15) is 0 Å². The van der Waals surface area contributed by atoms with Crippen LogP contribution in [-0.2, 0) is 19.7 Å². The average molecular weight is 363 g/mol. The van der Waals surface area contributed by atoms with Crippen molar-refractivity contribution in [3.8, 4) is 0 Å². The molecule has 0 heterocycles. The molecule has 0 aromatic carbocycles. The molecule has 0 aromatic rings. The Morgan fingerprint density at radius 1 is 0.889 bits per heavy atom. The minimum atomic E-state index is -3.42. The van der Waals surface area contributed by atoms with Gasteiger partial charge in [-0.1, -0.05) is 0 Å². The minimum Gasteiger partial charge on any atom is -0.286 e. The largest absolute Gasteiger partial charge is 0.286 e. The van der Waals surface area contributed by atoms with Crippen molar-refractivity contribution in [3.05, 3.63) is 0 Å². The fourth-order valence-corrected chi connectivity index (χ4v) is 4.44. The van der Waals surface area contributed by atoms with Gasteiger partial charge in [0, 0.05) is 11.8 Å². The summed E-state index contributed by atoms with van der Waals surface area (Å²) in [4.78, 5) is 0. The highest BCUT2D eigenvalue weighted by molar-refractivity contribution is 7.92. The van der Waals surface area contributed by atoms with E-state index in [-0.39, 0.29) is 35.7 Å². The molecule has 1 N–H and O–H groups in total. The summed E-state index contributed by atoms with van der Waals surface area (Å²) < 4.78 is 46.3. The molecule has 2 unspecified atom stereocenters. The summed E-state index contributed by atoms with van der Waals surface area (Å²) >= 11 is 10.7. The quantitative estimate of drug-likeness (QED) is 0.651. The van der Waals surface area contributed by atoms with Gasteiger partial charge in [-0.25, -0.2) is 16.8 Å². The normalized spacial score (nSPS) is 15.8. The summed E-state index contributed by atoms with van der Waals surface area (Å²) in [6.45, 7) is 2.79. The lowest BCUT2D eigenvalue weighted by atomic mass is 10.6. The molecule has 18 heavy (non-hydrogen) atoms. The molecular formula is C8H18Cl3NO4S2. The molecule has 0 spiro atoms. The number of rotatable bonds is 8. The fourth-order valence-electron chi connectivity index (χ4n) is 1.11. The summed E-state index contributed by atoms with van der Waals surface area (Å²) in [6, 6.07) is 0. The topological polar surface area (TPSA) is 80.3 Å². The van der Waals surface area contributed by atoms with Crippen LogP contribution in [0.2, 0.25) is 0 Å². The number of hydrogen-bond donors (Lipinski definition) is 1. The monoisotopic (exact) mass is 361 g/mol. The number of nitrogens with one attached hydrogen (secondary N) is 1. The van der Waals surface area contributed by atoms with E-state index in [1.165, 1.54) is 13.8 Å². The van der Waals surface area contributed by atoms with Gasteiger partial charge < -0.3 is 0 Å². The number of alkyl halides is 2. The van der Waals surface area contributed by atoms with Crippen LogP contribution in [-0.4, -0.2) is 50.8 Å². The molecule has 0 aliphatic heterocycles. The molecule has 0 saturated heterocycles. The van der Waals surface area contributed by atoms with Crippen molar-refractivity contribution in [2.45, 2.75) is 24.6 Å². The standard InChI is InChI=1S/C8H17Cl2NO4S2.ClH/c1-7(16(12,13)5-3-9)11-8(2)17(14,15)6-4-10;/h7-8,11H,3-6H2,1-2H3;1H. The Morgan fingerprint density at radius 3 is 1.39 bits per heavy atom.